The predicted octanol–water partition coefficient (Wildman–Crippen LogP) is 4.14. The van der Waals surface area contributed by atoms with Gasteiger partial charge in [-0.2, -0.15) is 15.4 Å². The number of fused-ring (bicyclic) bond motifs is 3. The monoisotopic (exact) mass is 702 g/mol. The lowest BCUT2D eigenvalue weighted by atomic mass is 9.99. The fraction of sp³-hybridized carbons (Fsp3) is 0.250. The van der Waals surface area contributed by atoms with Crippen LogP contribution in [-0.2, 0) is 29.1 Å². The highest BCUT2D eigenvalue weighted by Crippen LogP contribution is 2.33. The predicted molar refractivity (Wildman–Crippen MR) is 181 cm³/mol. The van der Waals surface area contributed by atoms with E-state index in [0.29, 0.717) is 26.3 Å². The minimum absolute atomic E-state index is 0.0971. The number of aromatic amines is 1. The molecule has 0 spiro atoms. The minimum Gasteiger partial charge on any atom is -0.375 e. The van der Waals surface area contributed by atoms with Gasteiger partial charge in [0.1, 0.15) is 18.8 Å². The van der Waals surface area contributed by atoms with Crippen molar-refractivity contribution in [3.8, 4) is 6.07 Å². The number of nitrogens with two attached hydrogens (primary N) is 1. The molecule has 0 saturated carbocycles. The molecule has 7 rings (SSSR count). The standard InChI is InChI=1S/C32H28Cl2N10O3S/c33-22-6-4-19(11-23(22)34)13-37-32(47)42(9-8-35)43-17-28(45)44-25(12-18-5-7-24-21(10-18)14-38-40-24)30(46)41(16-27(43)44)15-20-2-1-3-26-29(20)39-31(36)48-26/h1-7,10-11,14,25,27H,9,12-13,15-17H2,(H2,36,39)(H,37,47)(H,38,40)/t25-,27+/m0/s1. The molecule has 3 aromatic carbocycles. The molecule has 0 bridgehead atoms. The number of nitriles is 1. The first kappa shape index (κ1) is 31.6. The lowest BCUT2D eigenvalue weighted by Crippen LogP contribution is -2.66. The molecule has 16 heteroatoms. The molecule has 2 aliphatic heterocycles. The van der Waals surface area contributed by atoms with Gasteiger partial charge in [-0.15, -0.1) is 0 Å². The van der Waals surface area contributed by atoms with E-state index in [0.717, 1.165) is 26.7 Å². The number of anilines is 1. The second-order valence-corrected chi connectivity index (χ2v) is 13.4. The Hall–Kier alpha value is -4.94. The summed E-state index contributed by atoms with van der Waals surface area (Å²) in [7, 11) is 0. The van der Waals surface area contributed by atoms with Gasteiger partial charge in [0.25, 0.3) is 0 Å². The van der Waals surface area contributed by atoms with Crippen molar-refractivity contribution in [2.75, 3.05) is 25.4 Å². The molecule has 2 fully saturated rings. The Morgan fingerprint density at radius 3 is 2.79 bits per heavy atom. The van der Waals surface area contributed by atoms with E-state index in [2.05, 4.69) is 20.5 Å². The summed E-state index contributed by atoms with van der Waals surface area (Å²) in [4.78, 5) is 49.4. The number of carbonyl (C=O) groups is 3. The first-order chi connectivity index (χ1) is 23.2. The Labute approximate surface area is 288 Å². The Bertz CT molecular complexity index is 2110. The van der Waals surface area contributed by atoms with E-state index >= 15 is 0 Å². The van der Waals surface area contributed by atoms with E-state index in [-0.39, 0.29) is 51.0 Å². The van der Waals surface area contributed by atoms with Gasteiger partial charge < -0.3 is 20.9 Å². The zero-order valence-electron chi connectivity index (χ0n) is 25.3. The highest BCUT2D eigenvalue weighted by atomic mass is 35.5. The number of para-hydroxylation sites is 1. The molecule has 2 aliphatic rings. The number of H-pyrrole nitrogens is 1. The molecule has 2 aromatic heterocycles. The van der Waals surface area contributed by atoms with Gasteiger partial charge in [-0.05, 0) is 47.0 Å². The number of thiazole rings is 1. The van der Waals surface area contributed by atoms with E-state index in [1.807, 2.05) is 42.5 Å². The number of nitrogen functional groups attached to an aromatic ring is 1. The molecule has 0 aliphatic carbocycles. The normalized spacial score (nSPS) is 18.0. The number of halogens is 2. The van der Waals surface area contributed by atoms with Crippen LogP contribution in [0.25, 0.3) is 21.1 Å². The van der Waals surface area contributed by atoms with Crippen molar-refractivity contribution in [3.63, 3.8) is 0 Å². The topological polar surface area (TPSA) is 168 Å². The number of nitrogens with one attached hydrogen (secondary N) is 2. The summed E-state index contributed by atoms with van der Waals surface area (Å²) >= 11 is 13.6. The third-order valence-corrected chi connectivity index (χ3v) is 10.2. The smallest absolute Gasteiger partial charge is 0.333 e. The summed E-state index contributed by atoms with van der Waals surface area (Å²) in [6.07, 6.45) is 1.22. The Balaban J connectivity index is 1.20. The zero-order valence-corrected chi connectivity index (χ0v) is 27.6. The highest BCUT2D eigenvalue weighted by Gasteiger charge is 2.52. The van der Waals surface area contributed by atoms with Crippen molar-refractivity contribution in [1.82, 2.24) is 40.3 Å². The molecule has 4 heterocycles. The van der Waals surface area contributed by atoms with Crippen LogP contribution < -0.4 is 11.1 Å². The van der Waals surface area contributed by atoms with Gasteiger partial charge in [0.2, 0.25) is 11.8 Å². The number of amides is 4. The van der Waals surface area contributed by atoms with Crippen LogP contribution in [0.4, 0.5) is 9.93 Å². The lowest BCUT2D eigenvalue weighted by Gasteiger charge is -2.46. The van der Waals surface area contributed by atoms with Crippen molar-refractivity contribution >= 4 is 78.6 Å². The van der Waals surface area contributed by atoms with Crippen molar-refractivity contribution in [2.24, 2.45) is 0 Å². The van der Waals surface area contributed by atoms with Gasteiger partial charge in [0.15, 0.2) is 5.13 Å². The van der Waals surface area contributed by atoms with E-state index in [9.17, 15) is 19.6 Å². The molecule has 0 radical (unpaired) electrons. The molecular formula is C32H28Cl2N10O3S. The van der Waals surface area contributed by atoms with Crippen LogP contribution in [0.1, 0.15) is 16.7 Å². The summed E-state index contributed by atoms with van der Waals surface area (Å²) in [5, 5.41) is 24.4. The molecule has 5 aromatic rings. The summed E-state index contributed by atoms with van der Waals surface area (Å²) in [5.74, 6) is -0.554. The average Bonchev–Trinajstić information content (AvgIpc) is 3.78. The number of aromatic nitrogens is 3. The molecule has 4 N–H and O–H groups in total. The fourth-order valence-electron chi connectivity index (χ4n) is 6.35. The van der Waals surface area contributed by atoms with E-state index in [4.69, 9.17) is 28.9 Å². The van der Waals surface area contributed by atoms with Crippen LogP contribution in [0.3, 0.4) is 0 Å². The van der Waals surface area contributed by atoms with Crippen LogP contribution in [0.15, 0.2) is 60.8 Å². The summed E-state index contributed by atoms with van der Waals surface area (Å²) in [6, 6.07) is 17.1. The number of carbonyl (C=O) groups excluding carboxylic acids is 3. The van der Waals surface area contributed by atoms with Crippen molar-refractivity contribution in [3.05, 3.63) is 87.5 Å². The molecule has 48 heavy (non-hydrogen) atoms. The molecule has 2 saturated heterocycles. The van der Waals surface area contributed by atoms with Crippen molar-refractivity contribution in [1.29, 1.82) is 5.26 Å². The number of benzene rings is 3. The van der Waals surface area contributed by atoms with Gasteiger partial charge >= 0.3 is 6.03 Å². The van der Waals surface area contributed by atoms with Crippen LogP contribution >= 0.6 is 34.5 Å². The number of urea groups is 1. The number of rotatable bonds is 8. The molecule has 4 amide bonds. The average molecular weight is 704 g/mol. The van der Waals surface area contributed by atoms with Crippen LogP contribution in [-0.4, -0.2) is 84.7 Å². The van der Waals surface area contributed by atoms with Gasteiger partial charge in [0.05, 0.1) is 51.1 Å². The molecular weight excluding hydrogens is 675 g/mol. The largest absolute Gasteiger partial charge is 0.375 e. The maximum absolute atomic E-state index is 14.3. The molecule has 2 atom stereocenters. The highest BCUT2D eigenvalue weighted by molar-refractivity contribution is 7.22. The number of hydrazine groups is 1. The first-order valence-corrected chi connectivity index (χ1v) is 16.6. The van der Waals surface area contributed by atoms with Gasteiger partial charge in [-0.3, -0.25) is 14.7 Å². The van der Waals surface area contributed by atoms with Gasteiger partial charge in [-0.25, -0.2) is 14.8 Å². The van der Waals surface area contributed by atoms with E-state index in [1.165, 1.54) is 16.3 Å². The summed E-state index contributed by atoms with van der Waals surface area (Å²) in [5.41, 5.74) is 9.94. The summed E-state index contributed by atoms with van der Waals surface area (Å²) < 4.78 is 0.901. The number of nitrogens with zero attached hydrogens (tertiary/aromatic N) is 7. The number of hydrogen-bond acceptors (Lipinski definition) is 9. The third-order valence-electron chi connectivity index (χ3n) is 8.57. The maximum atomic E-state index is 14.3. The summed E-state index contributed by atoms with van der Waals surface area (Å²) in [6.45, 7) is -0.0932. The lowest BCUT2D eigenvalue weighted by molar-refractivity contribution is -0.157. The first-order valence-electron chi connectivity index (χ1n) is 15.0. The second kappa shape index (κ2) is 12.9. The second-order valence-electron chi connectivity index (χ2n) is 11.5. The van der Waals surface area contributed by atoms with E-state index < -0.39 is 18.2 Å². The third kappa shape index (κ3) is 5.97. The Morgan fingerprint density at radius 1 is 1.15 bits per heavy atom. The quantitative estimate of drug-likeness (QED) is 0.203. The van der Waals surface area contributed by atoms with Crippen LogP contribution in [0, 0.1) is 11.3 Å². The fourth-order valence-corrected chi connectivity index (χ4v) is 7.46. The SMILES string of the molecule is N#CCN(C(=O)NCc1ccc(Cl)c(Cl)c1)N1CC(=O)N2[C@@H](Cc3ccc4[nH]ncc4c3)C(=O)N(Cc3cccc4sc(N)nc34)C[C@@H]21. The maximum Gasteiger partial charge on any atom is 0.333 e. The van der Waals surface area contributed by atoms with Crippen molar-refractivity contribution in [2.45, 2.75) is 31.7 Å². The number of hydrogen-bond donors (Lipinski definition) is 3. The van der Waals surface area contributed by atoms with Gasteiger partial charge in [-0.1, -0.05) is 58.8 Å². The Kier molecular flexibility index (Phi) is 8.52. The number of piperazine rings is 1. The molecule has 0 unspecified atom stereocenters. The van der Waals surface area contributed by atoms with Crippen LogP contribution in [0.2, 0.25) is 10.0 Å². The zero-order chi connectivity index (χ0) is 33.5. The minimum atomic E-state index is -0.867. The Morgan fingerprint density at radius 2 is 1.98 bits per heavy atom. The van der Waals surface area contributed by atoms with E-state index in [1.54, 1.807) is 39.2 Å². The molecule has 13 nitrogen and oxygen atoms in total. The van der Waals surface area contributed by atoms with Crippen LogP contribution in [0.5, 0.6) is 0 Å². The van der Waals surface area contributed by atoms with Gasteiger partial charge in [0, 0.05) is 24.9 Å². The molecule has 244 valence electrons. The van der Waals surface area contributed by atoms with Crippen molar-refractivity contribution < 1.29 is 14.4 Å².